The molecule has 2 rings (SSSR count). The third kappa shape index (κ3) is 3.01. The van der Waals surface area contributed by atoms with Gasteiger partial charge in [0.2, 0.25) is 5.91 Å². The van der Waals surface area contributed by atoms with E-state index in [2.05, 4.69) is 10.6 Å². The van der Waals surface area contributed by atoms with Gasteiger partial charge in [0.1, 0.15) is 11.4 Å². The molecule has 1 aromatic carbocycles. The molecule has 21 heavy (non-hydrogen) atoms. The van der Waals surface area contributed by atoms with Gasteiger partial charge in [-0.2, -0.15) is 0 Å². The molecule has 0 unspecified atom stereocenters. The first-order valence-electron chi connectivity index (χ1n) is 7.33. The molecule has 1 heterocycles. The normalized spacial score (nSPS) is 16.0. The Morgan fingerprint density at radius 2 is 2.00 bits per heavy atom. The van der Waals surface area contributed by atoms with Crippen LogP contribution in [-0.2, 0) is 9.59 Å². The van der Waals surface area contributed by atoms with Crippen LogP contribution in [0.15, 0.2) is 18.2 Å². The summed E-state index contributed by atoms with van der Waals surface area (Å²) in [6.45, 7) is 7.39. The standard InChI is InChI=1S/C16H22N2O3/c1-5-10(6-2)14(19)17-11-8-7-9-12-13(11)18-15(20)16(3,4)21-12/h7-10H,5-6H2,1-4H3,(H,17,19)(H,18,20). The summed E-state index contributed by atoms with van der Waals surface area (Å²) in [5.74, 6) is 0.283. The van der Waals surface area contributed by atoms with E-state index in [1.54, 1.807) is 32.0 Å². The average molecular weight is 290 g/mol. The number of benzene rings is 1. The zero-order valence-electron chi connectivity index (χ0n) is 12.9. The molecule has 0 aromatic heterocycles. The Balaban J connectivity index is 2.28. The Bertz CT molecular complexity index is 563. The van der Waals surface area contributed by atoms with Gasteiger partial charge in [-0.05, 0) is 38.8 Å². The van der Waals surface area contributed by atoms with E-state index < -0.39 is 5.60 Å². The molecule has 0 fully saturated rings. The van der Waals surface area contributed by atoms with Crippen molar-refractivity contribution in [2.75, 3.05) is 10.6 Å². The summed E-state index contributed by atoms with van der Waals surface area (Å²) >= 11 is 0. The summed E-state index contributed by atoms with van der Waals surface area (Å²) < 4.78 is 5.70. The van der Waals surface area contributed by atoms with Crippen molar-refractivity contribution in [3.8, 4) is 5.75 Å². The molecule has 0 radical (unpaired) electrons. The van der Waals surface area contributed by atoms with Crippen molar-refractivity contribution in [1.82, 2.24) is 0 Å². The number of amides is 2. The molecule has 0 aliphatic carbocycles. The van der Waals surface area contributed by atoms with Crippen molar-refractivity contribution in [3.05, 3.63) is 18.2 Å². The highest BCUT2D eigenvalue weighted by Gasteiger charge is 2.36. The van der Waals surface area contributed by atoms with Crippen molar-refractivity contribution in [1.29, 1.82) is 0 Å². The summed E-state index contributed by atoms with van der Waals surface area (Å²) in [6, 6.07) is 5.35. The second-order valence-electron chi connectivity index (χ2n) is 5.75. The Morgan fingerprint density at radius 1 is 1.33 bits per heavy atom. The van der Waals surface area contributed by atoms with Gasteiger partial charge in [-0.3, -0.25) is 9.59 Å². The minimum Gasteiger partial charge on any atom is -0.476 e. The number of hydrogen-bond donors (Lipinski definition) is 2. The molecule has 1 aliphatic rings. The van der Waals surface area contributed by atoms with Crippen LogP contribution in [0.5, 0.6) is 5.75 Å². The highest BCUT2D eigenvalue weighted by atomic mass is 16.5. The van der Waals surface area contributed by atoms with Gasteiger partial charge in [-0.25, -0.2) is 0 Å². The predicted octanol–water partition coefficient (Wildman–Crippen LogP) is 3.17. The van der Waals surface area contributed by atoms with Crippen molar-refractivity contribution in [2.24, 2.45) is 5.92 Å². The van der Waals surface area contributed by atoms with Crippen molar-refractivity contribution < 1.29 is 14.3 Å². The Morgan fingerprint density at radius 3 is 2.62 bits per heavy atom. The van der Waals surface area contributed by atoms with E-state index in [-0.39, 0.29) is 17.7 Å². The molecule has 2 amide bonds. The minimum absolute atomic E-state index is 0.0301. The molecule has 0 bridgehead atoms. The number of ether oxygens (including phenoxy) is 1. The summed E-state index contributed by atoms with van der Waals surface area (Å²) in [6.07, 6.45) is 1.57. The van der Waals surface area contributed by atoms with Crippen LogP contribution >= 0.6 is 0 Å². The molecular formula is C16H22N2O3. The molecule has 0 spiro atoms. The molecular weight excluding hydrogens is 268 g/mol. The fourth-order valence-electron chi connectivity index (χ4n) is 2.33. The van der Waals surface area contributed by atoms with Crippen LogP contribution in [0.4, 0.5) is 11.4 Å². The zero-order valence-corrected chi connectivity index (χ0v) is 12.9. The van der Waals surface area contributed by atoms with Crippen molar-refractivity contribution in [2.45, 2.75) is 46.1 Å². The minimum atomic E-state index is -0.912. The van der Waals surface area contributed by atoms with Crippen LogP contribution < -0.4 is 15.4 Å². The monoisotopic (exact) mass is 290 g/mol. The lowest BCUT2D eigenvalue weighted by atomic mass is 10.0. The lowest BCUT2D eigenvalue weighted by Crippen LogP contribution is -2.45. The summed E-state index contributed by atoms with van der Waals surface area (Å²) in [5.41, 5.74) is 0.194. The quantitative estimate of drug-likeness (QED) is 0.895. The topological polar surface area (TPSA) is 67.4 Å². The first-order chi connectivity index (χ1) is 9.89. The fourth-order valence-corrected chi connectivity index (χ4v) is 2.33. The second kappa shape index (κ2) is 5.76. The van der Waals surface area contributed by atoms with Gasteiger partial charge < -0.3 is 15.4 Å². The molecule has 0 atom stereocenters. The average Bonchev–Trinajstić information content (AvgIpc) is 2.42. The van der Waals surface area contributed by atoms with E-state index in [0.717, 1.165) is 12.8 Å². The molecule has 114 valence electrons. The number of fused-ring (bicyclic) bond motifs is 1. The lowest BCUT2D eigenvalue weighted by Gasteiger charge is -2.32. The number of para-hydroxylation sites is 1. The second-order valence-corrected chi connectivity index (χ2v) is 5.75. The van der Waals surface area contributed by atoms with E-state index in [4.69, 9.17) is 4.74 Å². The van der Waals surface area contributed by atoms with E-state index in [9.17, 15) is 9.59 Å². The van der Waals surface area contributed by atoms with Gasteiger partial charge in [0.15, 0.2) is 5.60 Å². The maximum absolute atomic E-state index is 12.2. The van der Waals surface area contributed by atoms with E-state index in [1.165, 1.54) is 0 Å². The maximum atomic E-state index is 12.2. The third-order valence-corrected chi connectivity index (χ3v) is 3.79. The summed E-state index contributed by atoms with van der Waals surface area (Å²) in [5, 5.41) is 5.71. The van der Waals surface area contributed by atoms with Crippen LogP contribution in [0.1, 0.15) is 40.5 Å². The molecule has 5 heteroatoms. The number of hydrogen-bond acceptors (Lipinski definition) is 3. The van der Waals surface area contributed by atoms with Crippen LogP contribution in [0.25, 0.3) is 0 Å². The first kappa shape index (κ1) is 15.4. The van der Waals surface area contributed by atoms with Gasteiger partial charge >= 0.3 is 0 Å². The molecule has 1 aromatic rings. The number of carbonyl (C=O) groups is 2. The van der Waals surface area contributed by atoms with Gasteiger partial charge in [-0.15, -0.1) is 0 Å². The van der Waals surface area contributed by atoms with Crippen molar-refractivity contribution in [3.63, 3.8) is 0 Å². The highest BCUT2D eigenvalue weighted by molar-refractivity contribution is 6.06. The molecule has 2 N–H and O–H groups in total. The molecule has 0 saturated heterocycles. The lowest BCUT2D eigenvalue weighted by molar-refractivity contribution is -0.129. The highest BCUT2D eigenvalue weighted by Crippen LogP contribution is 2.39. The third-order valence-electron chi connectivity index (χ3n) is 3.79. The van der Waals surface area contributed by atoms with Crippen LogP contribution in [0, 0.1) is 5.92 Å². The molecule has 1 aliphatic heterocycles. The smallest absolute Gasteiger partial charge is 0.268 e. The molecule has 5 nitrogen and oxygen atoms in total. The van der Waals surface area contributed by atoms with E-state index >= 15 is 0 Å². The predicted molar refractivity (Wildman–Crippen MR) is 82.5 cm³/mol. The van der Waals surface area contributed by atoms with Crippen LogP contribution in [-0.4, -0.2) is 17.4 Å². The van der Waals surface area contributed by atoms with Crippen LogP contribution in [0.2, 0.25) is 0 Å². The number of rotatable bonds is 4. The van der Waals surface area contributed by atoms with Crippen LogP contribution in [0.3, 0.4) is 0 Å². The first-order valence-corrected chi connectivity index (χ1v) is 7.33. The van der Waals surface area contributed by atoms with Crippen molar-refractivity contribution >= 4 is 23.2 Å². The summed E-state index contributed by atoms with van der Waals surface area (Å²) in [7, 11) is 0. The number of nitrogens with one attached hydrogen (secondary N) is 2. The number of anilines is 2. The fraction of sp³-hybridized carbons (Fsp3) is 0.500. The number of carbonyl (C=O) groups excluding carboxylic acids is 2. The molecule has 0 saturated carbocycles. The summed E-state index contributed by atoms with van der Waals surface area (Å²) in [4.78, 5) is 24.2. The Labute approximate surface area is 125 Å². The maximum Gasteiger partial charge on any atom is 0.268 e. The Kier molecular flexibility index (Phi) is 4.21. The van der Waals surface area contributed by atoms with E-state index in [0.29, 0.717) is 17.1 Å². The zero-order chi connectivity index (χ0) is 15.6. The van der Waals surface area contributed by atoms with E-state index in [1.807, 2.05) is 13.8 Å². The SMILES string of the molecule is CCC(CC)C(=O)Nc1cccc2c1NC(=O)C(C)(C)O2. The van der Waals surface area contributed by atoms with Gasteiger partial charge in [0.05, 0.1) is 5.69 Å². The largest absolute Gasteiger partial charge is 0.476 e. The van der Waals surface area contributed by atoms with Gasteiger partial charge in [-0.1, -0.05) is 19.9 Å². The van der Waals surface area contributed by atoms with Gasteiger partial charge in [0, 0.05) is 5.92 Å². The Hall–Kier alpha value is -2.04. The van der Waals surface area contributed by atoms with Gasteiger partial charge in [0.25, 0.3) is 5.91 Å².